The molecule has 0 aromatic heterocycles. The molecule has 0 unspecified atom stereocenters. The zero-order chi connectivity index (χ0) is 21.9. The first-order valence-corrected chi connectivity index (χ1v) is 11.9. The first-order chi connectivity index (χ1) is 15.7. The van der Waals surface area contributed by atoms with Crippen LogP contribution < -0.4 is 0 Å². The van der Waals surface area contributed by atoms with Crippen LogP contribution in [0.3, 0.4) is 0 Å². The van der Waals surface area contributed by atoms with Crippen molar-refractivity contribution < 1.29 is 9.59 Å². The summed E-state index contributed by atoms with van der Waals surface area (Å²) in [5.74, 6) is 0.389. The molecule has 0 radical (unpaired) electrons. The van der Waals surface area contributed by atoms with Crippen LogP contribution in [0.15, 0.2) is 66.7 Å². The first-order valence-electron chi connectivity index (χ1n) is 11.9. The minimum atomic E-state index is -0.151. The molecule has 3 aromatic carbocycles. The minimum Gasteiger partial charge on any atom is -0.303 e. The average Bonchev–Trinajstić information content (AvgIpc) is 2.85. The van der Waals surface area contributed by atoms with E-state index in [0.717, 1.165) is 49.7 Å². The molecule has 2 aliphatic rings. The summed E-state index contributed by atoms with van der Waals surface area (Å²) in [5, 5.41) is 1.76. The van der Waals surface area contributed by atoms with E-state index in [1.807, 2.05) is 36.4 Å². The van der Waals surface area contributed by atoms with E-state index in [1.165, 1.54) is 23.3 Å². The summed E-state index contributed by atoms with van der Waals surface area (Å²) in [6.07, 6.45) is 5.45. The Morgan fingerprint density at radius 3 is 1.97 bits per heavy atom. The lowest BCUT2D eigenvalue weighted by molar-refractivity contribution is 0.0607. The van der Waals surface area contributed by atoms with Crippen molar-refractivity contribution in [2.45, 2.75) is 38.0 Å². The van der Waals surface area contributed by atoms with E-state index in [1.54, 1.807) is 0 Å². The molecule has 0 spiro atoms. The number of likely N-dealkylation sites (tertiary alicyclic amines) is 1. The van der Waals surface area contributed by atoms with Crippen molar-refractivity contribution in [2.24, 2.45) is 0 Å². The van der Waals surface area contributed by atoms with Crippen molar-refractivity contribution in [3.63, 3.8) is 0 Å². The quantitative estimate of drug-likeness (QED) is 0.371. The monoisotopic (exact) mass is 426 g/mol. The van der Waals surface area contributed by atoms with Gasteiger partial charge in [0, 0.05) is 23.1 Å². The summed E-state index contributed by atoms with van der Waals surface area (Å²) < 4.78 is 0. The second-order valence-corrected chi connectivity index (χ2v) is 9.06. The number of carbonyl (C=O) groups excluding carboxylic acids is 2. The largest absolute Gasteiger partial charge is 0.303 e. The Bertz CT molecular complexity index is 1070. The minimum absolute atomic E-state index is 0.151. The molecule has 1 saturated heterocycles. The van der Waals surface area contributed by atoms with Crippen LogP contribution in [0.25, 0.3) is 10.8 Å². The highest BCUT2D eigenvalue weighted by Gasteiger charge is 2.32. The topological polar surface area (TPSA) is 40.6 Å². The fourth-order valence-corrected chi connectivity index (χ4v) is 5.28. The number of hydrogen-bond donors (Lipinski definition) is 0. The molecule has 0 atom stereocenters. The highest BCUT2D eigenvalue weighted by atomic mass is 16.2. The Kier molecular flexibility index (Phi) is 6.04. The lowest BCUT2D eigenvalue weighted by Gasteiger charge is -2.32. The molecule has 2 heterocycles. The number of piperidine rings is 1. The molecule has 164 valence electrons. The molecule has 1 fully saturated rings. The summed E-state index contributed by atoms with van der Waals surface area (Å²) in [4.78, 5) is 29.9. The normalized spacial score (nSPS) is 17.3. The summed E-state index contributed by atoms with van der Waals surface area (Å²) in [6.45, 7) is 3.91. The zero-order valence-electron chi connectivity index (χ0n) is 18.5. The van der Waals surface area contributed by atoms with Gasteiger partial charge < -0.3 is 4.90 Å². The third-order valence-corrected chi connectivity index (χ3v) is 7.07. The van der Waals surface area contributed by atoms with Gasteiger partial charge in [-0.25, -0.2) is 0 Å². The second-order valence-electron chi connectivity index (χ2n) is 9.06. The summed E-state index contributed by atoms with van der Waals surface area (Å²) in [6, 6.07) is 22.3. The molecule has 4 nitrogen and oxygen atoms in total. The van der Waals surface area contributed by atoms with Gasteiger partial charge in [-0.15, -0.1) is 0 Å². The summed E-state index contributed by atoms with van der Waals surface area (Å²) in [5.41, 5.74) is 2.78. The van der Waals surface area contributed by atoms with E-state index in [0.29, 0.717) is 23.6 Å². The summed E-state index contributed by atoms with van der Waals surface area (Å²) in [7, 11) is 0. The van der Waals surface area contributed by atoms with Gasteiger partial charge in [0.05, 0.1) is 0 Å². The van der Waals surface area contributed by atoms with Crippen molar-refractivity contribution in [1.82, 2.24) is 9.80 Å². The third-order valence-electron chi connectivity index (χ3n) is 7.07. The number of rotatable bonds is 7. The molecule has 0 saturated carbocycles. The fraction of sp³-hybridized carbons (Fsp3) is 0.357. The lowest BCUT2D eigenvalue weighted by Crippen LogP contribution is -2.40. The zero-order valence-corrected chi connectivity index (χ0v) is 18.5. The van der Waals surface area contributed by atoms with E-state index >= 15 is 0 Å². The molecule has 4 heteroatoms. The maximum Gasteiger partial charge on any atom is 0.261 e. The van der Waals surface area contributed by atoms with Crippen molar-refractivity contribution in [3.05, 3.63) is 83.4 Å². The van der Waals surface area contributed by atoms with E-state index in [-0.39, 0.29) is 11.8 Å². The van der Waals surface area contributed by atoms with Gasteiger partial charge in [-0.1, -0.05) is 61.0 Å². The van der Waals surface area contributed by atoms with Gasteiger partial charge in [-0.05, 0) is 74.3 Å². The molecule has 0 bridgehead atoms. The Labute approximate surface area is 189 Å². The number of carbonyl (C=O) groups is 2. The molecule has 0 aliphatic carbocycles. The molecular formula is C28H30N2O2. The average molecular weight is 427 g/mol. The Hall–Kier alpha value is -2.98. The van der Waals surface area contributed by atoms with Gasteiger partial charge >= 0.3 is 0 Å². The standard InChI is InChI=1S/C28H30N2O2/c31-27-24-13-7-11-23-12-8-14-25(26(23)24)28(32)30(27)18-6-2-5-17-29-19-15-22(16-20-29)21-9-3-1-4-10-21/h1,3-4,7-14,22H,2,5-6,15-20H2. The second kappa shape index (κ2) is 9.25. The Balaban J connectivity index is 1.09. The number of nitrogens with zero attached hydrogens (tertiary/aromatic N) is 2. The van der Waals surface area contributed by atoms with E-state index < -0.39 is 0 Å². The van der Waals surface area contributed by atoms with Crippen LogP contribution >= 0.6 is 0 Å². The highest BCUT2D eigenvalue weighted by Crippen LogP contribution is 2.30. The first kappa shape index (κ1) is 20.9. The van der Waals surface area contributed by atoms with Crippen LogP contribution in [0, 0.1) is 0 Å². The van der Waals surface area contributed by atoms with Gasteiger partial charge in [0.15, 0.2) is 0 Å². The molecule has 2 amide bonds. The predicted octanol–water partition coefficient (Wildman–Crippen LogP) is 5.49. The van der Waals surface area contributed by atoms with Crippen molar-refractivity contribution in [2.75, 3.05) is 26.2 Å². The molecule has 3 aromatic rings. The van der Waals surface area contributed by atoms with E-state index in [2.05, 4.69) is 35.2 Å². The number of hydrogen-bond acceptors (Lipinski definition) is 3. The van der Waals surface area contributed by atoms with E-state index in [9.17, 15) is 9.59 Å². The maximum absolute atomic E-state index is 13.0. The smallest absolute Gasteiger partial charge is 0.261 e. The molecule has 0 N–H and O–H groups in total. The van der Waals surface area contributed by atoms with Crippen molar-refractivity contribution in [1.29, 1.82) is 0 Å². The maximum atomic E-state index is 13.0. The number of imide groups is 1. The molecule has 5 rings (SSSR count). The van der Waals surface area contributed by atoms with Crippen LogP contribution in [0.4, 0.5) is 0 Å². The van der Waals surface area contributed by atoms with Gasteiger partial charge in [0.1, 0.15) is 0 Å². The number of amides is 2. The van der Waals surface area contributed by atoms with Gasteiger partial charge in [-0.3, -0.25) is 14.5 Å². The van der Waals surface area contributed by atoms with E-state index in [4.69, 9.17) is 0 Å². The number of unbranched alkanes of at least 4 members (excludes halogenated alkanes) is 2. The van der Waals surface area contributed by atoms with Crippen molar-refractivity contribution in [3.8, 4) is 0 Å². The van der Waals surface area contributed by atoms with Crippen LogP contribution in [0.5, 0.6) is 0 Å². The van der Waals surface area contributed by atoms with Crippen LogP contribution in [-0.4, -0.2) is 47.8 Å². The molecule has 2 aliphatic heterocycles. The predicted molar refractivity (Wildman–Crippen MR) is 128 cm³/mol. The SMILES string of the molecule is O=C1c2cccc3cccc(c23)C(=O)N1CCCCCN1CCC(c2ccccc2)CC1. The third kappa shape index (κ3) is 4.07. The van der Waals surface area contributed by atoms with Gasteiger partial charge in [0.25, 0.3) is 11.8 Å². The highest BCUT2D eigenvalue weighted by molar-refractivity contribution is 6.25. The van der Waals surface area contributed by atoms with Gasteiger partial charge in [-0.2, -0.15) is 0 Å². The van der Waals surface area contributed by atoms with Crippen molar-refractivity contribution >= 4 is 22.6 Å². The summed E-state index contributed by atoms with van der Waals surface area (Å²) >= 11 is 0. The van der Waals surface area contributed by atoms with Crippen LogP contribution in [0.2, 0.25) is 0 Å². The Morgan fingerprint density at radius 2 is 1.31 bits per heavy atom. The van der Waals surface area contributed by atoms with Gasteiger partial charge in [0.2, 0.25) is 0 Å². The number of benzene rings is 3. The van der Waals surface area contributed by atoms with Crippen LogP contribution in [0.1, 0.15) is 64.3 Å². The molecular weight excluding hydrogens is 396 g/mol. The Morgan fingerprint density at radius 1 is 0.688 bits per heavy atom. The lowest BCUT2D eigenvalue weighted by atomic mass is 9.89. The van der Waals surface area contributed by atoms with Crippen LogP contribution in [-0.2, 0) is 0 Å². The fourth-order valence-electron chi connectivity index (χ4n) is 5.28. The molecule has 32 heavy (non-hydrogen) atoms.